The first kappa shape index (κ1) is 18.6. The first-order chi connectivity index (χ1) is 11.6. The van der Waals surface area contributed by atoms with Crippen molar-refractivity contribution >= 4 is 37.8 Å². The average Bonchev–Trinajstić information content (AvgIpc) is 2.52. The molecule has 0 aromatic heterocycles. The highest BCUT2D eigenvalue weighted by atomic mass is 32.2. The largest absolute Gasteiger partial charge is 0.478 e. The van der Waals surface area contributed by atoms with E-state index < -0.39 is 26.0 Å². The Labute approximate surface area is 144 Å². The molecule has 0 spiro atoms. The molecule has 4 N–H and O–H groups in total. The topological polar surface area (TPSA) is 144 Å². The number of rotatable bonds is 6. The van der Waals surface area contributed by atoms with Gasteiger partial charge in [-0.05, 0) is 42.0 Å². The maximum atomic E-state index is 12.3. The normalized spacial score (nSPS) is 12.2. The monoisotopic (exact) mass is 382 g/mol. The molecule has 10 heteroatoms. The number of hydrogen-bond acceptors (Lipinski definition) is 5. The first-order valence-electron chi connectivity index (χ1n) is 6.75. The summed E-state index contributed by atoms with van der Waals surface area (Å²) in [5.74, 6) is -1.12. The number of carboxylic acids is 1. The third-order valence-electron chi connectivity index (χ3n) is 3.02. The smallest absolute Gasteiger partial charge is 0.328 e. The predicted molar refractivity (Wildman–Crippen MR) is 91.7 cm³/mol. The summed E-state index contributed by atoms with van der Waals surface area (Å²) < 4.78 is 49.6. The molecule has 0 heterocycles. The first-order valence-corrected chi connectivity index (χ1v) is 9.78. The lowest BCUT2D eigenvalue weighted by Crippen LogP contribution is -2.15. The van der Waals surface area contributed by atoms with Gasteiger partial charge in [-0.2, -0.15) is 0 Å². The van der Waals surface area contributed by atoms with Crippen LogP contribution in [0.15, 0.2) is 64.4 Å². The van der Waals surface area contributed by atoms with Crippen LogP contribution in [0.4, 0.5) is 5.69 Å². The van der Waals surface area contributed by atoms with E-state index in [1.165, 1.54) is 48.5 Å². The zero-order chi connectivity index (χ0) is 18.7. The Hall–Kier alpha value is -2.69. The third kappa shape index (κ3) is 5.14. The van der Waals surface area contributed by atoms with Crippen molar-refractivity contribution in [1.82, 2.24) is 0 Å². The van der Waals surface area contributed by atoms with Crippen LogP contribution in [0.5, 0.6) is 0 Å². The molecule has 0 unspecified atom stereocenters. The maximum absolute atomic E-state index is 12.3. The minimum Gasteiger partial charge on any atom is -0.478 e. The molecule has 0 aliphatic heterocycles. The second kappa shape index (κ2) is 7.05. The Kier molecular flexibility index (Phi) is 5.26. The van der Waals surface area contributed by atoms with Crippen molar-refractivity contribution in [2.45, 2.75) is 9.79 Å². The summed E-state index contributed by atoms with van der Waals surface area (Å²) in [5.41, 5.74) is 0.555. The van der Waals surface area contributed by atoms with Crippen LogP contribution in [0.2, 0.25) is 0 Å². The predicted octanol–water partition coefficient (Wildman–Crippen LogP) is 1.23. The zero-order valence-corrected chi connectivity index (χ0v) is 14.3. The van der Waals surface area contributed by atoms with Gasteiger partial charge >= 0.3 is 5.97 Å². The number of anilines is 1. The summed E-state index contributed by atoms with van der Waals surface area (Å²) >= 11 is 0. The molecule has 0 fully saturated rings. The Morgan fingerprint density at radius 2 is 1.64 bits per heavy atom. The molecule has 8 nitrogen and oxygen atoms in total. The number of sulfonamides is 2. The van der Waals surface area contributed by atoms with Gasteiger partial charge in [0.15, 0.2) is 0 Å². The maximum Gasteiger partial charge on any atom is 0.328 e. The van der Waals surface area contributed by atoms with Crippen molar-refractivity contribution in [2.75, 3.05) is 4.72 Å². The number of carbonyl (C=O) groups is 1. The second-order valence-electron chi connectivity index (χ2n) is 4.92. The fourth-order valence-corrected chi connectivity index (χ4v) is 3.49. The highest BCUT2D eigenvalue weighted by molar-refractivity contribution is 7.92. The molecule has 2 aromatic carbocycles. The molecule has 2 rings (SSSR count). The summed E-state index contributed by atoms with van der Waals surface area (Å²) in [7, 11) is -7.90. The van der Waals surface area contributed by atoms with E-state index in [4.69, 9.17) is 10.2 Å². The van der Waals surface area contributed by atoms with Crippen LogP contribution in [0.1, 0.15) is 5.56 Å². The number of primary sulfonamides is 1. The van der Waals surface area contributed by atoms with E-state index in [9.17, 15) is 21.6 Å². The molecule has 2 aromatic rings. The number of hydrogen-bond donors (Lipinski definition) is 3. The molecule has 0 saturated heterocycles. The van der Waals surface area contributed by atoms with Crippen molar-refractivity contribution in [3.63, 3.8) is 0 Å². The quantitative estimate of drug-likeness (QED) is 0.641. The van der Waals surface area contributed by atoms with Gasteiger partial charge in [0.05, 0.1) is 15.5 Å². The summed E-state index contributed by atoms with van der Waals surface area (Å²) in [4.78, 5) is 10.2. The average molecular weight is 382 g/mol. The summed E-state index contributed by atoms with van der Waals surface area (Å²) in [6, 6.07) is 10.6. The Morgan fingerprint density at radius 3 is 2.20 bits per heavy atom. The SMILES string of the molecule is NS(=O)(=O)c1cccc(NS(=O)(=O)c2ccc(/C=C/C(=O)O)cc2)c1. The van der Waals surface area contributed by atoms with Crippen LogP contribution in [0, 0.1) is 0 Å². The Balaban J connectivity index is 2.26. The van der Waals surface area contributed by atoms with E-state index in [0.717, 1.165) is 12.1 Å². The van der Waals surface area contributed by atoms with Gasteiger partial charge in [0, 0.05) is 6.08 Å². The van der Waals surface area contributed by atoms with Crippen LogP contribution in [-0.4, -0.2) is 27.9 Å². The fourth-order valence-electron chi connectivity index (χ4n) is 1.88. The van der Waals surface area contributed by atoms with Gasteiger partial charge in [-0.3, -0.25) is 4.72 Å². The van der Waals surface area contributed by atoms with E-state index in [-0.39, 0.29) is 15.5 Å². The number of nitrogens with two attached hydrogens (primary N) is 1. The van der Waals surface area contributed by atoms with Crippen LogP contribution >= 0.6 is 0 Å². The van der Waals surface area contributed by atoms with Crippen molar-refractivity contribution in [3.8, 4) is 0 Å². The molecule has 0 radical (unpaired) electrons. The summed E-state index contributed by atoms with van der Waals surface area (Å²) in [6.07, 6.45) is 2.25. The molecule has 0 saturated carbocycles. The lowest BCUT2D eigenvalue weighted by atomic mass is 10.2. The number of carboxylic acid groups (broad SMARTS) is 1. The van der Waals surface area contributed by atoms with Crippen molar-refractivity contribution in [2.24, 2.45) is 5.14 Å². The minimum atomic E-state index is -3.95. The van der Waals surface area contributed by atoms with Crippen LogP contribution in [0.3, 0.4) is 0 Å². The zero-order valence-electron chi connectivity index (χ0n) is 12.7. The van der Waals surface area contributed by atoms with Crippen LogP contribution in [0.25, 0.3) is 6.08 Å². The standard InChI is InChI=1S/C15H14N2O6S2/c16-24(20,21)14-3-1-2-12(10-14)17-25(22,23)13-7-4-11(5-8-13)6-9-15(18)19/h1-10,17H,(H,18,19)(H2,16,20,21)/b9-6+. The van der Waals surface area contributed by atoms with Crippen molar-refractivity contribution in [1.29, 1.82) is 0 Å². The highest BCUT2D eigenvalue weighted by Crippen LogP contribution is 2.19. The van der Waals surface area contributed by atoms with Gasteiger partial charge in [0.2, 0.25) is 10.0 Å². The van der Waals surface area contributed by atoms with Gasteiger partial charge < -0.3 is 5.11 Å². The number of benzene rings is 2. The van der Waals surface area contributed by atoms with Crippen molar-refractivity contribution in [3.05, 3.63) is 60.2 Å². The van der Waals surface area contributed by atoms with Crippen molar-refractivity contribution < 1.29 is 26.7 Å². The van der Waals surface area contributed by atoms with Gasteiger partial charge in [0.25, 0.3) is 10.0 Å². The highest BCUT2D eigenvalue weighted by Gasteiger charge is 2.15. The third-order valence-corrected chi connectivity index (χ3v) is 5.33. The molecule has 132 valence electrons. The summed E-state index contributed by atoms with van der Waals surface area (Å²) in [5, 5.41) is 13.6. The molecule has 0 bridgehead atoms. The van der Waals surface area contributed by atoms with Gasteiger partial charge in [-0.25, -0.2) is 26.8 Å². The second-order valence-corrected chi connectivity index (χ2v) is 8.16. The Morgan fingerprint density at radius 1 is 1.00 bits per heavy atom. The number of nitrogens with one attached hydrogen (secondary N) is 1. The molecular formula is C15H14N2O6S2. The van der Waals surface area contributed by atoms with E-state index in [1.807, 2.05) is 0 Å². The molecule has 0 aliphatic rings. The van der Waals surface area contributed by atoms with Gasteiger partial charge in [-0.1, -0.05) is 18.2 Å². The van der Waals surface area contributed by atoms with Gasteiger partial charge in [0.1, 0.15) is 0 Å². The molecule has 0 atom stereocenters. The fraction of sp³-hybridized carbons (Fsp3) is 0. The van der Waals surface area contributed by atoms with E-state index in [0.29, 0.717) is 5.56 Å². The van der Waals surface area contributed by atoms with E-state index in [2.05, 4.69) is 4.72 Å². The Bertz CT molecular complexity index is 1030. The molecule has 0 aliphatic carbocycles. The molecule has 0 amide bonds. The minimum absolute atomic E-state index is 0.0429. The molecular weight excluding hydrogens is 368 g/mol. The van der Waals surface area contributed by atoms with E-state index in [1.54, 1.807) is 0 Å². The van der Waals surface area contributed by atoms with Crippen LogP contribution < -0.4 is 9.86 Å². The lowest BCUT2D eigenvalue weighted by molar-refractivity contribution is -0.131. The van der Waals surface area contributed by atoms with E-state index >= 15 is 0 Å². The van der Waals surface area contributed by atoms with Gasteiger partial charge in [-0.15, -0.1) is 0 Å². The van der Waals surface area contributed by atoms with Crippen LogP contribution in [-0.2, 0) is 24.8 Å². The summed E-state index contributed by atoms with van der Waals surface area (Å²) in [6.45, 7) is 0. The lowest BCUT2D eigenvalue weighted by Gasteiger charge is -2.09. The molecule has 25 heavy (non-hydrogen) atoms. The number of aliphatic carboxylic acids is 1.